The lowest BCUT2D eigenvalue weighted by Crippen LogP contribution is -2.44. The van der Waals surface area contributed by atoms with Gasteiger partial charge in [0.2, 0.25) is 5.91 Å². The van der Waals surface area contributed by atoms with Crippen LogP contribution in [-0.4, -0.2) is 42.6 Å². The van der Waals surface area contributed by atoms with E-state index in [1.165, 1.54) is 7.11 Å². The van der Waals surface area contributed by atoms with Crippen molar-refractivity contribution in [3.63, 3.8) is 0 Å². The first-order chi connectivity index (χ1) is 14.9. The van der Waals surface area contributed by atoms with Crippen molar-refractivity contribution in [3.8, 4) is 0 Å². The number of rotatable bonds is 7. The van der Waals surface area contributed by atoms with Gasteiger partial charge in [-0.1, -0.05) is 44.2 Å². The smallest absolute Gasteiger partial charge is 0.328 e. The summed E-state index contributed by atoms with van der Waals surface area (Å²) in [5.41, 5.74) is 1.80. The molecule has 1 aliphatic rings. The summed E-state index contributed by atoms with van der Waals surface area (Å²) in [6.07, 6.45) is 2.43. The molecule has 0 saturated carbocycles. The van der Waals surface area contributed by atoms with Gasteiger partial charge in [0, 0.05) is 36.8 Å². The predicted octanol–water partition coefficient (Wildman–Crippen LogP) is 3.31. The summed E-state index contributed by atoms with van der Waals surface area (Å²) in [6, 6.07) is 12.0. The van der Waals surface area contributed by atoms with Crippen LogP contribution in [0.2, 0.25) is 0 Å². The highest BCUT2D eigenvalue weighted by Gasteiger charge is 2.31. The van der Waals surface area contributed by atoms with Crippen molar-refractivity contribution in [2.45, 2.75) is 38.6 Å². The van der Waals surface area contributed by atoms with Gasteiger partial charge in [0.1, 0.15) is 11.9 Å². The molecule has 8 nitrogen and oxygen atoms in total. The quantitative estimate of drug-likeness (QED) is 0.664. The summed E-state index contributed by atoms with van der Waals surface area (Å²) in [5, 5.41) is 5.27. The third-order valence-corrected chi connectivity index (χ3v) is 5.19. The molecule has 2 aromatic rings. The molecule has 31 heavy (non-hydrogen) atoms. The van der Waals surface area contributed by atoms with E-state index in [9.17, 15) is 14.4 Å². The van der Waals surface area contributed by atoms with Crippen LogP contribution >= 0.6 is 0 Å². The molecule has 1 aliphatic heterocycles. The molecule has 1 fully saturated rings. The van der Waals surface area contributed by atoms with Crippen LogP contribution in [0.15, 0.2) is 48.7 Å². The number of hydrogen-bond donors (Lipinski definition) is 2. The summed E-state index contributed by atoms with van der Waals surface area (Å²) >= 11 is 0. The summed E-state index contributed by atoms with van der Waals surface area (Å²) in [4.78, 5) is 42.8. The highest BCUT2D eigenvalue weighted by Crippen LogP contribution is 2.32. The van der Waals surface area contributed by atoms with E-state index in [0.29, 0.717) is 30.9 Å². The number of methoxy groups -OCH3 is 1. The van der Waals surface area contributed by atoms with Crippen LogP contribution in [0.5, 0.6) is 0 Å². The first-order valence-electron chi connectivity index (χ1n) is 10.3. The molecule has 0 aliphatic carbocycles. The Morgan fingerprint density at radius 2 is 1.97 bits per heavy atom. The first kappa shape index (κ1) is 22.3. The minimum absolute atomic E-state index is 0.0261. The van der Waals surface area contributed by atoms with Crippen molar-refractivity contribution < 1.29 is 19.1 Å². The molecular weight excluding hydrogens is 396 g/mol. The van der Waals surface area contributed by atoms with E-state index in [-0.39, 0.29) is 17.7 Å². The molecule has 1 aromatic carbocycles. The van der Waals surface area contributed by atoms with Gasteiger partial charge in [0.05, 0.1) is 7.11 Å². The fourth-order valence-corrected chi connectivity index (χ4v) is 3.70. The third kappa shape index (κ3) is 5.81. The second-order valence-electron chi connectivity index (χ2n) is 8.02. The first-order valence-corrected chi connectivity index (χ1v) is 10.3. The number of aromatic nitrogens is 1. The van der Waals surface area contributed by atoms with E-state index in [1.54, 1.807) is 23.2 Å². The van der Waals surface area contributed by atoms with E-state index in [4.69, 9.17) is 4.74 Å². The van der Waals surface area contributed by atoms with Crippen molar-refractivity contribution in [3.05, 3.63) is 54.2 Å². The predicted molar refractivity (Wildman–Crippen MR) is 118 cm³/mol. The van der Waals surface area contributed by atoms with Crippen LogP contribution in [0.3, 0.4) is 0 Å². The largest absolute Gasteiger partial charge is 0.467 e. The Morgan fingerprint density at radius 3 is 2.65 bits per heavy atom. The van der Waals surface area contributed by atoms with Gasteiger partial charge in [-0.15, -0.1) is 0 Å². The van der Waals surface area contributed by atoms with Crippen LogP contribution in [0.4, 0.5) is 16.3 Å². The molecule has 2 atom stereocenters. The van der Waals surface area contributed by atoms with Crippen molar-refractivity contribution in [1.82, 2.24) is 10.3 Å². The van der Waals surface area contributed by atoms with E-state index in [2.05, 4.69) is 15.6 Å². The fraction of sp³-hybridized carbons (Fsp3) is 0.391. The van der Waals surface area contributed by atoms with Gasteiger partial charge in [-0.25, -0.2) is 14.6 Å². The molecule has 2 N–H and O–H groups in total. The summed E-state index contributed by atoms with van der Waals surface area (Å²) in [6.45, 7) is 4.48. The van der Waals surface area contributed by atoms with Gasteiger partial charge in [-0.3, -0.25) is 10.1 Å². The normalized spacial score (nSPS) is 16.8. The summed E-state index contributed by atoms with van der Waals surface area (Å²) < 4.78 is 4.77. The Bertz CT molecular complexity index is 932. The maximum atomic E-state index is 12.6. The van der Waals surface area contributed by atoms with Crippen molar-refractivity contribution >= 4 is 29.4 Å². The van der Waals surface area contributed by atoms with Crippen LogP contribution in [0, 0.1) is 5.92 Å². The molecule has 0 bridgehead atoms. The lowest BCUT2D eigenvalue weighted by Gasteiger charge is -2.19. The summed E-state index contributed by atoms with van der Waals surface area (Å²) in [5.74, 6) is 0.139. The Kier molecular flexibility index (Phi) is 7.23. The molecule has 8 heteroatoms. The van der Waals surface area contributed by atoms with Gasteiger partial charge in [0.25, 0.3) is 0 Å². The number of pyridine rings is 1. The molecular formula is C23H28N4O4. The Balaban J connectivity index is 1.66. The minimum Gasteiger partial charge on any atom is -0.467 e. The molecule has 1 saturated heterocycles. The molecule has 2 heterocycles. The number of amides is 3. The average molecular weight is 425 g/mol. The molecule has 1 aromatic heterocycles. The maximum Gasteiger partial charge on any atom is 0.328 e. The van der Waals surface area contributed by atoms with Crippen LogP contribution in [-0.2, 0) is 14.3 Å². The molecule has 164 valence electrons. The average Bonchev–Trinajstić information content (AvgIpc) is 3.15. The van der Waals surface area contributed by atoms with E-state index in [1.807, 2.05) is 44.2 Å². The zero-order chi connectivity index (χ0) is 22.4. The maximum absolute atomic E-state index is 12.6. The van der Waals surface area contributed by atoms with Crippen molar-refractivity contribution in [2.75, 3.05) is 23.9 Å². The van der Waals surface area contributed by atoms with Crippen LogP contribution in [0.25, 0.3) is 0 Å². The Labute approximate surface area is 182 Å². The zero-order valence-electron chi connectivity index (χ0n) is 18.0. The van der Waals surface area contributed by atoms with Gasteiger partial charge in [0.15, 0.2) is 0 Å². The van der Waals surface area contributed by atoms with E-state index < -0.39 is 18.0 Å². The zero-order valence-corrected chi connectivity index (χ0v) is 18.0. The fourth-order valence-electron chi connectivity index (χ4n) is 3.70. The lowest BCUT2D eigenvalue weighted by molar-refractivity contribution is -0.143. The number of anilines is 2. The summed E-state index contributed by atoms with van der Waals surface area (Å²) in [7, 11) is 1.29. The van der Waals surface area contributed by atoms with Gasteiger partial charge in [-0.05, 0) is 24.0 Å². The monoisotopic (exact) mass is 424 g/mol. The highest BCUT2D eigenvalue weighted by molar-refractivity contribution is 5.97. The molecule has 0 spiro atoms. The molecule has 3 amide bonds. The lowest BCUT2D eigenvalue weighted by atomic mass is 9.99. The topological polar surface area (TPSA) is 101 Å². The number of nitrogens with one attached hydrogen (secondary N) is 2. The number of carbonyl (C=O) groups excluding carboxylic acids is 3. The van der Waals surface area contributed by atoms with E-state index >= 15 is 0 Å². The van der Waals surface area contributed by atoms with Crippen molar-refractivity contribution in [1.29, 1.82) is 0 Å². The number of hydrogen-bond acceptors (Lipinski definition) is 5. The minimum atomic E-state index is -0.750. The van der Waals surface area contributed by atoms with Gasteiger partial charge >= 0.3 is 12.0 Å². The number of urea groups is 1. The van der Waals surface area contributed by atoms with Crippen LogP contribution < -0.4 is 15.5 Å². The highest BCUT2D eigenvalue weighted by atomic mass is 16.5. The number of nitrogens with zero attached hydrogens (tertiary/aromatic N) is 2. The number of benzene rings is 1. The second kappa shape index (κ2) is 10.1. The SMILES string of the molecule is COC(=O)[C@H](CC(C)C)NC(=O)Nc1cc(N2CC(c3ccccc3)CC2=O)ccn1. The number of ether oxygens (including phenoxy) is 1. The second-order valence-corrected chi connectivity index (χ2v) is 8.02. The molecule has 1 unspecified atom stereocenters. The number of carbonyl (C=O) groups is 3. The standard InChI is InChI=1S/C23H28N4O4/c1-15(2)11-19(22(29)31-3)25-23(30)26-20-13-18(9-10-24-20)27-14-17(12-21(27)28)16-7-5-4-6-8-16/h4-10,13,15,17,19H,11-12,14H2,1-3H3,(H2,24,25,26,30)/t17?,19-/m0/s1. The van der Waals surface area contributed by atoms with E-state index in [0.717, 1.165) is 5.56 Å². The Hall–Kier alpha value is -3.42. The van der Waals surface area contributed by atoms with Crippen molar-refractivity contribution in [2.24, 2.45) is 5.92 Å². The van der Waals surface area contributed by atoms with Gasteiger partial charge < -0.3 is 15.0 Å². The van der Waals surface area contributed by atoms with Crippen LogP contribution in [0.1, 0.15) is 38.2 Å². The van der Waals surface area contributed by atoms with Gasteiger partial charge in [-0.2, -0.15) is 0 Å². The number of esters is 1. The molecule has 3 rings (SSSR count). The molecule has 0 radical (unpaired) electrons. The third-order valence-electron chi connectivity index (χ3n) is 5.19. The Morgan fingerprint density at radius 1 is 1.23 bits per heavy atom.